The van der Waals surface area contributed by atoms with Gasteiger partial charge in [0.15, 0.2) is 5.13 Å². The second kappa shape index (κ2) is 4.23. The van der Waals surface area contributed by atoms with Crippen molar-refractivity contribution >= 4 is 22.4 Å². The van der Waals surface area contributed by atoms with Crippen LogP contribution in [0.4, 0.5) is 5.13 Å². The Hall–Kier alpha value is -1.10. The summed E-state index contributed by atoms with van der Waals surface area (Å²) in [5.41, 5.74) is 5.81. The van der Waals surface area contributed by atoms with Crippen LogP contribution in [0.15, 0.2) is 5.38 Å². The fourth-order valence-corrected chi connectivity index (χ4v) is 1.33. The molecule has 1 aromatic rings. The summed E-state index contributed by atoms with van der Waals surface area (Å²) in [4.78, 5) is 15.3. The molecule has 4 nitrogen and oxygen atoms in total. The van der Waals surface area contributed by atoms with Crippen molar-refractivity contribution in [2.75, 3.05) is 5.73 Å². The fraction of sp³-hybridized carbons (Fsp3) is 0.500. The van der Waals surface area contributed by atoms with Crippen LogP contribution in [0, 0.1) is 0 Å². The monoisotopic (exact) mass is 199 g/mol. The lowest BCUT2D eigenvalue weighted by molar-refractivity contribution is 0.0935. The van der Waals surface area contributed by atoms with E-state index in [9.17, 15) is 4.79 Å². The van der Waals surface area contributed by atoms with Gasteiger partial charge in [-0.15, -0.1) is 11.3 Å². The molecule has 0 aromatic carbocycles. The molecule has 0 spiro atoms. The van der Waals surface area contributed by atoms with E-state index >= 15 is 0 Å². The van der Waals surface area contributed by atoms with Gasteiger partial charge in [-0.1, -0.05) is 6.92 Å². The minimum Gasteiger partial charge on any atom is -0.375 e. The maximum atomic E-state index is 11.4. The molecule has 1 aromatic heterocycles. The first kappa shape index (κ1) is 9.98. The van der Waals surface area contributed by atoms with Gasteiger partial charge in [0, 0.05) is 11.4 Å². The maximum absolute atomic E-state index is 11.4. The third-order valence-corrected chi connectivity index (χ3v) is 2.42. The lowest BCUT2D eigenvalue weighted by atomic mass is 10.2. The Morgan fingerprint density at radius 3 is 3.00 bits per heavy atom. The van der Waals surface area contributed by atoms with Crippen LogP contribution >= 0.6 is 11.3 Å². The molecule has 0 aliphatic rings. The SMILES string of the molecule is CCC(C)NC(=O)c1csc(N)n1. The minimum absolute atomic E-state index is 0.151. The first-order chi connectivity index (χ1) is 6.13. The van der Waals surface area contributed by atoms with Crippen molar-refractivity contribution < 1.29 is 4.79 Å². The van der Waals surface area contributed by atoms with Gasteiger partial charge in [0.1, 0.15) is 5.69 Å². The smallest absolute Gasteiger partial charge is 0.271 e. The quantitative estimate of drug-likeness (QED) is 0.770. The molecular weight excluding hydrogens is 186 g/mol. The molecule has 1 amide bonds. The summed E-state index contributed by atoms with van der Waals surface area (Å²) in [6.45, 7) is 3.97. The Bertz CT molecular complexity index is 297. The molecular formula is C8H13N3OS. The third-order valence-electron chi connectivity index (χ3n) is 1.74. The number of thiazole rings is 1. The van der Waals surface area contributed by atoms with E-state index in [0.717, 1.165) is 6.42 Å². The van der Waals surface area contributed by atoms with Gasteiger partial charge in [0.25, 0.3) is 5.91 Å². The Morgan fingerprint density at radius 2 is 2.54 bits per heavy atom. The average Bonchev–Trinajstić information content (AvgIpc) is 2.51. The summed E-state index contributed by atoms with van der Waals surface area (Å²) < 4.78 is 0. The summed E-state index contributed by atoms with van der Waals surface area (Å²) in [7, 11) is 0. The molecule has 13 heavy (non-hydrogen) atoms. The van der Waals surface area contributed by atoms with Gasteiger partial charge in [-0.3, -0.25) is 4.79 Å². The van der Waals surface area contributed by atoms with Crippen LogP contribution in [0.25, 0.3) is 0 Å². The minimum atomic E-state index is -0.151. The van der Waals surface area contributed by atoms with Crippen LogP contribution in [0.2, 0.25) is 0 Å². The zero-order valence-corrected chi connectivity index (χ0v) is 8.52. The molecule has 0 aliphatic heterocycles. The molecule has 0 radical (unpaired) electrons. The number of carbonyl (C=O) groups is 1. The summed E-state index contributed by atoms with van der Waals surface area (Å²) in [6, 6.07) is 0.176. The molecule has 0 aliphatic carbocycles. The summed E-state index contributed by atoms with van der Waals surface area (Å²) in [6.07, 6.45) is 0.908. The number of rotatable bonds is 3. The van der Waals surface area contributed by atoms with Crippen molar-refractivity contribution in [3.63, 3.8) is 0 Å². The van der Waals surface area contributed by atoms with Gasteiger partial charge in [-0.2, -0.15) is 0 Å². The fourth-order valence-electron chi connectivity index (χ4n) is 0.792. The number of hydrogen-bond donors (Lipinski definition) is 2. The highest BCUT2D eigenvalue weighted by molar-refractivity contribution is 7.13. The number of nitrogens with one attached hydrogen (secondary N) is 1. The number of nitrogen functional groups attached to an aromatic ring is 1. The van der Waals surface area contributed by atoms with Gasteiger partial charge in [-0.05, 0) is 13.3 Å². The first-order valence-electron chi connectivity index (χ1n) is 4.15. The molecule has 5 heteroatoms. The third kappa shape index (κ3) is 2.69. The maximum Gasteiger partial charge on any atom is 0.271 e. The number of nitrogens with zero attached hydrogens (tertiary/aromatic N) is 1. The van der Waals surface area contributed by atoms with Gasteiger partial charge < -0.3 is 11.1 Å². The summed E-state index contributed by atoms with van der Waals surface area (Å²) in [5, 5.41) is 4.89. The van der Waals surface area contributed by atoms with Crippen LogP contribution in [0.3, 0.4) is 0 Å². The Morgan fingerprint density at radius 1 is 1.85 bits per heavy atom. The van der Waals surface area contributed by atoms with Gasteiger partial charge in [0.2, 0.25) is 0 Å². The van der Waals surface area contributed by atoms with Crippen molar-refractivity contribution in [2.45, 2.75) is 26.3 Å². The van der Waals surface area contributed by atoms with E-state index < -0.39 is 0 Å². The summed E-state index contributed by atoms with van der Waals surface area (Å²) >= 11 is 1.27. The van der Waals surface area contributed by atoms with Crippen molar-refractivity contribution in [3.05, 3.63) is 11.1 Å². The number of nitrogens with two attached hydrogens (primary N) is 1. The van der Waals surface area contributed by atoms with Gasteiger partial charge in [0.05, 0.1) is 0 Å². The lowest BCUT2D eigenvalue weighted by Gasteiger charge is -2.09. The molecule has 0 fully saturated rings. The van der Waals surface area contributed by atoms with Crippen molar-refractivity contribution in [3.8, 4) is 0 Å². The van der Waals surface area contributed by atoms with Crippen molar-refractivity contribution in [2.24, 2.45) is 0 Å². The topological polar surface area (TPSA) is 68.0 Å². The number of carbonyl (C=O) groups excluding carboxylic acids is 1. The summed E-state index contributed by atoms with van der Waals surface area (Å²) in [5.74, 6) is -0.151. The van der Waals surface area contributed by atoms with E-state index in [1.54, 1.807) is 5.38 Å². The van der Waals surface area contributed by atoms with E-state index in [-0.39, 0.29) is 11.9 Å². The van der Waals surface area contributed by atoms with Crippen LogP contribution in [-0.4, -0.2) is 16.9 Å². The number of aromatic nitrogens is 1. The molecule has 72 valence electrons. The number of anilines is 1. The van der Waals surface area contributed by atoms with E-state index in [1.807, 2.05) is 13.8 Å². The zero-order valence-electron chi connectivity index (χ0n) is 7.70. The molecule has 0 saturated heterocycles. The average molecular weight is 199 g/mol. The van der Waals surface area contributed by atoms with E-state index in [4.69, 9.17) is 5.73 Å². The molecule has 1 unspecified atom stereocenters. The number of amides is 1. The highest BCUT2D eigenvalue weighted by atomic mass is 32.1. The zero-order chi connectivity index (χ0) is 9.84. The lowest BCUT2D eigenvalue weighted by Crippen LogP contribution is -2.32. The molecule has 1 rings (SSSR count). The van der Waals surface area contributed by atoms with Crippen molar-refractivity contribution in [1.29, 1.82) is 0 Å². The standard InChI is InChI=1S/C8H13N3OS/c1-3-5(2)10-7(12)6-4-13-8(9)11-6/h4-5H,3H2,1-2H3,(H2,9,11)(H,10,12). The van der Waals surface area contributed by atoms with Crippen LogP contribution in [0.5, 0.6) is 0 Å². The van der Waals surface area contributed by atoms with Crippen LogP contribution < -0.4 is 11.1 Å². The van der Waals surface area contributed by atoms with Crippen LogP contribution in [0.1, 0.15) is 30.8 Å². The number of hydrogen-bond acceptors (Lipinski definition) is 4. The Kier molecular flexibility index (Phi) is 3.25. The second-order valence-electron chi connectivity index (χ2n) is 2.85. The van der Waals surface area contributed by atoms with E-state index in [2.05, 4.69) is 10.3 Å². The van der Waals surface area contributed by atoms with E-state index in [0.29, 0.717) is 10.8 Å². The Balaban J connectivity index is 2.58. The largest absolute Gasteiger partial charge is 0.375 e. The van der Waals surface area contributed by atoms with Gasteiger partial charge in [-0.25, -0.2) is 4.98 Å². The molecule has 1 heterocycles. The van der Waals surface area contributed by atoms with E-state index in [1.165, 1.54) is 11.3 Å². The first-order valence-corrected chi connectivity index (χ1v) is 5.03. The van der Waals surface area contributed by atoms with Crippen molar-refractivity contribution in [1.82, 2.24) is 10.3 Å². The highest BCUT2D eigenvalue weighted by Crippen LogP contribution is 2.10. The molecule has 1 atom stereocenters. The predicted molar refractivity (Wildman–Crippen MR) is 53.7 cm³/mol. The Labute approximate surface area is 81.2 Å². The molecule has 3 N–H and O–H groups in total. The highest BCUT2D eigenvalue weighted by Gasteiger charge is 2.10. The molecule has 0 saturated carbocycles. The van der Waals surface area contributed by atoms with Crippen LogP contribution in [-0.2, 0) is 0 Å². The molecule has 0 bridgehead atoms. The second-order valence-corrected chi connectivity index (χ2v) is 3.74. The predicted octanol–water partition coefficient (Wildman–Crippen LogP) is 1.25. The normalized spacial score (nSPS) is 12.5. The van der Waals surface area contributed by atoms with Gasteiger partial charge >= 0.3 is 0 Å².